The zero-order chi connectivity index (χ0) is 16.9. The Morgan fingerprint density at radius 1 is 1.38 bits per heavy atom. The number of rotatable bonds is 5. The first kappa shape index (κ1) is 17.4. The van der Waals surface area contributed by atoms with Gasteiger partial charge >= 0.3 is 0 Å². The summed E-state index contributed by atoms with van der Waals surface area (Å²) in [6, 6.07) is 9.07. The topological polar surface area (TPSA) is 61.8 Å². The van der Waals surface area contributed by atoms with Crippen LogP contribution in [0.25, 0.3) is 0 Å². The van der Waals surface area contributed by atoms with Gasteiger partial charge in [-0.2, -0.15) is 0 Å². The van der Waals surface area contributed by atoms with Crippen LogP contribution >= 0.6 is 27.3 Å². The molecule has 7 heteroatoms. The van der Waals surface area contributed by atoms with Crippen LogP contribution in [0.4, 0.5) is 0 Å². The number of halogens is 1. The summed E-state index contributed by atoms with van der Waals surface area (Å²) >= 11 is 5.01. The van der Waals surface area contributed by atoms with Gasteiger partial charge in [-0.25, -0.2) is 0 Å². The maximum atomic E-state index is 12.4. The van der Waals surface area contributed by atoms with Crippen molar-refractivity contribution in [1.29, 1.82) is 0 Å². The van der Waals surface area contributed by atoms with E-state index in [0.29, 0.717) is 19.8 Å². The van der Waals surface area contributed by atoms with Gasteiger partial charge in [0.25, 0.3) is 5.91 Å². The van der Waals surface area contributed by atoms with Gasteiger partial charge in [0.2, 0.25) is 0 Å². The predicted molar refractivity (Wildman–Crippen MR) is 97.6 cm³/mol. The molecule has 0 saturated carbocycles. The highest BCUT2D eigenvalue weighted by Crippen LogP contribution is 2.26. The molecule has 128 valence electrons. The number of carbonyl (C=O) groups is 1. The van der Waals surface area contributed by atoms with Gasteiger partial charge in [0, 0.05) is 29.0 Å². The number of benzene rings is 1. The number of aromatic hydroxyl groups is 1. The summed E-state index contributed by atoms with van der Waals surface area (Å²) in [6.07, 6.45) is 0. The summed E-state index contributed by atoms with van der Waals surface area (Å²) in [4.78, 5) is 16.0. The van der Waals surface area contributed by atoms with Gasteiger partial charge in [0.1, 0.15) is 5.75 Å². The molecule has 1 aromatic carbocycles. The fraction of sp³-hybridized carbons (Fsp3) is 0.353. The average molecular weight is 411 g/mol. The van der Waals surface area contributed by atoms with Crippen molar-refractivity contribution in [2.45, 2.75) is 6.04 Å². The maximum absolute atomic E-state index is 12.4. The Morgan fingerprint density at radius 3 is 2.88 bits per heavy atom. The summed E-state index contributed by atoms with van der Waals surface area (Å²) in [6.45, 7) is 3.61. The largest absolute Gasteiger partial charge is 0.507 e. The Kier molecular flexibility index (Phi) is 5.89. The van der Waals surface area contributed by atoms with Crippen LogP contribution in [-0.4, -0.2) is 48.8 Å². The van der Waals surface area contributed by atoms with E-state index in [9.17, 15) is 9.90 Å². The highest BCUT2D eigenvalue weighted by molar-refractivity contribution is 9.10. The van der Waals surface area contributed by atoms with Gasteiger partial charge in [-0.05, 0) is 29.6 Å². The van der Waals surface area contributed by atoms with E-state index in [4.69, 9.17) is 4.74 Å². The van der Waals surface area contributed by atoms with Crippen LogP contribution in [0, 0.1) is 0 Å². The number of carbonyl (C=O) groups excluding carboxylic acids is 1. The lowest BCUT2D eigenvalue weighted by molar-refractivity contribution is 0.0169. The Labute approximate surface area is 153 Å². The van der Waals surface area contributed by atoms with Crippen molar-refractivity contribution >= 4 is 33.2 Å². The van der Waals surface area contributed by atoms with E-state index in [-0.39, 0.29) is 23.3 Å². The number of phenolic OH excluding ortho intramolecular Hbond substituents is 1. The molecule has 2 N–H and O–H groups in total. The van der Waals surface area contributed by atoms with Gasteiger partial charge in [0.05, 0.1) is 24.8 Å². The number of hydrogen-bond acceptors (Lipinski definition) is 5. The van der Waals surface area contributed by atoms with Gasteiger partial charge in [-0.3, -0.25) is 9.69 Å². The van der Waals surface area contributed by atoms with Gasteiger partial charge in [0.15, 0.2) is 0 Å². The summed E-state index contributed by atoms with van der Waals surface area (Å²) in [5.74, 6) is -0.293. The molecule has 3 rings (SSSR count). The van der Waals surface area contributed by atoms with Crippen LogP contribution < -0.4 is 5.32 Å². The predicted octanol–water partition coefficient (Wildman–Crippen LogP) is 3.02. The molecular formula is C17H19BrN2O3S. The van der Waals surface area contributed by atoms with Crippen LogP contribution in [0.2, 0.25) is 0 Å². The third-order valence-corrected chi connectivity index (χ3v) is 5.48. The van der Waals surface area contributed by atoms with Gasteiger partial charge in [-0.1, -0.05) is 22.0 Å². The van der Waals surface area contributed by atoms with Crippen molar-refractivity contribution < 1.29 is 14.6 Å². The van der Waals surface area contributed by atoms with Crippen LogP contribution in [0.5, 0.6) is 5.75 Å². The Balaban J connectivity index is 1.71. The van der Waals surface area contributed by atoms with Crippen molar-refractivity contribution in [2.24, 2.45) is 0 Å². The number of nitrogens with one attached hydrogen (secondary N) is 1. The summed E-state index contributed by atoms with van der Waals surface area (Å²) in [5, 5.41) is 14.9. The molecule has 5 nitrogen and oxygen atoms in total. The second-order valence-electron chi connectivity index (χ2n) is 5.55. The van der Waals surface area contributed by atoms with Crippen LogP contribution in [0.15, 0.2) is 40.2 Å². The molecule has 24 heavy (non-hydrogen) atoms. The molecule has 0 aliphatic carbocycles. The van der Waals surface area contributed by atoms with E-state index in [2.05, 4.69) is 32.2 Å². The van der Waals surface area contributed by atoms with Crippen LogP contribution in [0.1, 0.15) is 21.3 Å². The Bertz CT molecular complexity index is 687. The average Bonchev–Trinajstić information content (AvgIpc) is 3.12. The number of hydrogen-bond donors (Lipinski definition) is 2. The first-order valence-corrected chi connectivity index (χ1v) is 9.44. The highest BCUT2D eigenvalue weighted by Gasteiger charge is 2.24. The molecule has 1 aromatic heterocycles. The first-order chi connectivity index (χ1) is 11.6. The lowest BCUT2D eigenvalue weighted by atomic mass is 10.1. The van der Waals surface area contributed by atoms with Crippen molar-refractivity contribution in [3.05, 3.63) is 50.6 Å². The summed E-state index contributed by atoms with van der Waals surface area (Å²) in [5.41, 5.74) is 0.274. The first-order valence-electron chi connectivity index (χ1n) is 7.77. The SMILES string of the molecule is O=C(NC[C@@H](c1cccs1)N1CCOCC1)c1cc(Br)ccc1O. The van der Waals surface area contributed by atoms with Crippen LogP contribution in [-0.2, 0) is 4.74 Å². The lowest BCUT2D eigenvalue weighted by Gasteiger charge is -2.34. The molecule has 2 heterocycles. The minimum atomic E-state index is -0.274. The molecule has 0 spiro atoms. The highest BCUT2D eigenvalue weighted by atomic mass is 79.9. The standard InChI is InChI=1S/C17H19BrN2O3S/c18-12-3-4-15(21)13(10-12)17(22)19-11-14(16-2-1-9-24-16)20-5-7-23-8-6-20/h1-4,9-10,14,21H,5-8,11H2,(H,19,22)/t14-/m0/s1. The molecule has 1 aliphatic heterocycles. The molecule has 1 atom stereocenters. The molecule has 1 saturated heterocycles. The molecule has 1 amide bonds. The third-order valence-electron chi connectivity index (χ3n) is 4.02. The fourth-order valence-electron chi connectivity index (χ4n) is 2.75. The molecule has 0 unspecified atom stereocenters. The molecule has 1 aliphatic rings. The zero-order valence-electron chi connectivity index (χ0n) is 13.1. The van der Waals surface area contributed by atoms with E-state index in [1.54, 1.807) is 23.5 Å². The van der Waals surface area contributed by atoms with E-state index in [0.717, 1.165) is 17.6 Å². The normalized spacial score (nSPS) is 16.7. The number of nitrogens with zero attached hydrogens (tertiary/aromatic N) is 1. The quantitative estimate of drug-likeness (QED) is 0.794. The maximum Gasteiger partial charge on any atom is 0.255 e. The van der Waals surface area contributed by atoms with Crippen LogP contribution in [0.3, 0.4) is 0 Å². The Hall–Kier alpha value is -1.41. The van der Waals surface area contributed by atoms with Gasteiger partial charge in [-0.15, -0.1) is 11.3 Å². The third kappa shape index (κ3) is 4.16. The lowest BCUT2D eigenvalue weighted by Crippen LogP contribution is -2.43. The molecule has 1 fully saturated rings. The Morgan fingerprint density at radius 2 is 2.17 bits per heavy atom. The minimum Gasteiger partial charge on any atom is -0.507 e. The summed E-state index contributed by atoms with van der Waals surface area (Å²) in [7, 11) is 0. The second kappa shape index (κ2) is 8.11. The molecular weight excluding hydrogens is 392 g/mol. The number of morpholine rings is 1. The fourth-order valence-corrected chi connectivity index (χ4v) is 3.98. The van der Waals surface area contributed by atoms with Crippen molar-refractivity contribution in [1.82, 2.24) is 10.2 Å². The van der Waals surface area contributed by atoms with E-state index in [1.165, 1.54) is 10.9 Å². The second-order valence-corrected chi connectivity index (χ2v) is 7.45. The molecule has 0 radical (unpaired) electrons. The number of phenols is 1. The number of ether oxygens (including phenoxy) is 1. The van der Waals surface area contributed by atoms with Crippen molar-refractivity contribution in [2.75, 3.05) is 32.8 Å². The van der Waals surface area contributed by atoms with Crippen molar-refractivity contribution in [3.63, 3.8) is 0 Å². The number of amides is 1. The minimum absolute atomic E-state index is 0.0188. The molecule has 0 bridgehead atoms. The van der Waals surface area contributed by atoms with E-state index >= 15 is 0 Å². The summed E-state index contributed by atoms with van der Waals surface area (Å²) < 4.78 is 6.18. The van der Waals surface area contributed by atoms with Crippen molar-refractivity contribution in [3.8, 4) is 5.75 Å². The van der Waals surface area contributed by atoms with E-state index in [1.807, 2.05) is 11.4 Å². The molecule has 2 aromatic rings. The van der Waals surface area contributed by atoms with Gasteiger partial charge < -0.3 is 15.2 Å². The van der Waals surface area contributed by atoms with E-state index < -0.39 is 0 Å². The smallest absolute Gasteiger partial charge is 0.255 e. The number of thiophene rings is 1. The zero-order valence-corrected chi connectivity index (χ0v) is 15.5. The monoisotopic (exact) mass is 410 g/mol.